The van der Waals surface area contributed by atoms with Gasteiger partial charge in [-0.3, -0.25) is 14.4 Å². The van der Waals surface area contributed by atoms with E-state index in [4.69, 9.17) is 5.73 Å². The molecule has 9 heteroatoms. The maximum atomic E-state index is 12.7. The Hall–Kier alpha value is -2.16. The number of nitrogens with zero attached hydrogens (tertiary/aromatic N) is 1. The number of amides is 3. The highest BCUT2D eigenvalue weighted by Gasteiger charge is 2.37. The summed E-state index contributed by atoms with van der Waals surface area (Å²) in [6, 6.07) is -1.66. The van der Waals surface area contributed by atoms with Crippen molar-refractivity contribution in [3.8, 4) is 0 Å². The van der Waals surface area contributed by atoms with Crippen molar-refractivity contribution in [2.45, 2.75) is 45.2 Å². The van der Waals surface area contributed by atoms with E-state index >= 15 is 0 Å². The summed E-state index contributed by atoms with van der Waals surface area (Å²) in [5.41, 5.74) is 5.14. The van der Waals surface area contributed by atoms with Gasteiger partial charge in [0.05, 0.1) is 13.1 Å². The zero-order valence-corrected chi connectivity index (χ0v) is 14.1. The summed E-state index contributed by atoms with van der Waals surface area (Å²) in [5.74, 6) is -2.29. The minimum atomic E-state index is -1.04. The van der Waals surface area contributed by atoms with E-state index in [0.29, 0.717) is 25.8 Å². The molecule has 1 aliphatic rings. The molecule has 24 heavy (non-hydrogen) atoms. The van der Waals surface area contributed by atoms with Crippen LogP contribution in [0, 0.1) is 5.92 Å². The predicted octanol–water partition coefficient (Wildman–Crippen LogP) is -1.33. The summed E-state index contributed by atoms with van der Waals surface area (Å²) in [6.07, 6.45) is 1.42. The molecule has 9 nitrogen and oxygen atoms in total. The number of nitrogens with one attached hydrogen (secondary N) is 2. The molecule has 0 aromatic heterocycles. The molecule has 2 unspecified atom stereocenters. The molecular weight excluding hydrogens is 316 g/mol. The second-order valence-corrected chi connectivity index (χ2v) is 6.26. The molecule has 5 N–H and O–H groups in total. The highest BCUT2D eigenvalue weighted by Crippen LogP contribution is 2.20. The molecule has 1 fully saturated rings. The summed E-state index contributed by atoms with van der Waals surface area (Å²) in [6.45, 7) is 3.67. The molecule has 0 saturated carbocycles. The quantitative estimate of drug-likeness (QED) is 0.430. The van der Waals surface area contributed by atoms with Gasteiger partial charge in [-0.2, -0.15) is 0 Å². The van der Waals surface area contributed by atoms with Gasteiger partial charge >= 0.3 is 5.97 Å². The van der Waals surface area contributed by atoms with Gasteiger partial charge in [0.1, 0.15) is 12.1 Å². The van der Waals surface area contributed by atoms with Gasteiger partial charge in [0.25, 0.3) is 0 Å². The van der Waals surface area contributed by atoms with Crippen molar-refractivity contribution in [2.75, 3.05) is 19.6 Å². The molecule has 0 spiro atoms. The Morgan fingerprint density at radius 2 is 1.92 bits per heavy atom. The molecular formula is C15H26N4O5. The Morgan fingerprint density at radius 3 is 2.46 bits per heavy atom. The molecule has 0 radical (unpaired) electrons. The minimum Gasteiger partial charge on any atom is -0.480 e. The lowest BCUT2D eigenvalue weighted by atomic mass is 10.0. The number of hydrogen-bond donors (Lipinski definition) is 4. The summed E-state index contributed by atoms with van der Waals surface area (Å²) >= 11 is 0. The van der Waals surface area contributed by atoms with Gasteiger partial charge in [0, 0.05) is 6.54 Å². The second-order valence-electron chi connectivity index (χ2n) is 6.26. The minimum absolute atomic E-state index is 0.128. The van der Waals surface area contributed by atoms with E-state index in [1.54, 1.807) is 0 Å². The van der Waals surface area contributed by atoms with Crippen molar-refractivity contribution in [3.63, 3.8) is 0 Å². The SMILES string of the molecule is CC(C)CC(NC(=O)CNC(=O)CN)C(=O)N1CCCC1C(=O)O. The fourth-order valence-electron chi connectivity index (χ4n) is 2.68. The van der Waals surface area contributed by atoms with Crippen molar-refractivity contribution in [3.05, 3.63) is 0 Å². The van der Waals surface area contributed by atoms with Crippen LogP contribution in [-0.4, -0.2) is 65.4 Å². The standard InChI is InChI=1S/C15H26N4O5/c1-9(2)6-10(18-13(21)8-17-12(20)7-16)14(22)19-5-3-4-11(19)15(23)24/h9-11H,3-8,16H2,1-2H3,(H,17,20)(H,18,21)(H,23,24). The van der Waals surface area contributed by atoms with E-state index in [0.717, 1.165) is 0 Å². The van der Waals surface area contributed by atoms with Crippen LogP contribution in [0.3, 0.4) is 0 Å². The number of carbonyl (C=O) groups is 4. The maximum Gasteiger partial charge on any atom is 0.326 e. The molecule has 136 valence electrons. The van der Waals surface area contributed by atoms with Gasteiger partial charge < -0.3 is 26.4 Å². The first-order chi connectivity index (χ1) is 11.3. The maximum absolute atomic E-state index is 12.7. The van der Waals surface area contributed by atoms with Crippen molar-refractivity contribution in [1.29, 1.82) is 0 Å². The fraction of sp³-hybridized carbons (Fsp3) is 0.733. The van der Waals surface area contributed by atoms with Crippen LogP contribution in [0.15, 0.2) is 0 Å². The van der Waals surface area contributed by atoms with E-state index in [1.165, 1.54) is 4.90 Å². The third-order valence-corrected chi connectivity index (χ3v) is 3.79. The number of aliphatic carboxylic acids is 1. The number of carbonyl (C=O) groups excluding carboxylic acids is 3. The van der Waals surface area contributed by atoms with Crippen molar-refractivity contribution < 1.29 is 24.3 Å². The topological polar surface area (TPSA) is 142 Å². The van der Waals surface area contributed by atoms with Gasteiger partial charge in [0.15, 0.2) is 0 Å². The van der Waals surface area contributed by atoms with Crippen LogP contribution in [0.2, 0.25) is 0 Å². The number of carboxylic acid groups (broad SMARTS) is 1. The van der Waals surface area contributed by atoms with E-state index in [1.807, 2.05) is 13.8 Å². The van der Waals surface area contributed by atoms with Crippen LogP contribution in [0.5, 0.6) is 0 Å². The second kappa shape index (κ2) is 9.21. The summed E-state index contributed by atoms with van der Waals surface area (Å²) in [5, 5.41) is 14.1. The Bertz CT molecular complexity index is 494. The zero-order chi connectivity index (χ0) is 18.3. The van der Waals surface area contributed by atoms with E-state index in [9.17, 15) is 24.3 Å². The van der Waals surface area contributed by atoms with Gasteiger partial charge in [0.2, 0.25) is 17.7 Å². The highest BCUT2D eigenvalue weighted by atomic mass is 16.4. The Kier molecular flexibility index (Phi) is 7.63. The van der Waals surface area contributed by atoms with E-state index < -0.39 is 35.8 Å². The van der Waals surface area contributed by atoms with Gasteiger partial charge in [-0.05, 0) is 25.2 Å². The number of rotatable bonds is 8. The highest BCUT2D eigenvalue weighted by molar-refractivity contribution is 5.92. The van der Waals surface area contributed by atoms with Crippen LogP contribution in [0.4, 0.5) is 0 Å². The molecule has 3 amide bonds. The molecule has 2 atom stereocenters. The molecule has 0 aromatic carbocycles. The van der Waals surface area contributed by atoms with Crippen molar-refractivity contribution in [1.82, 2.24) is 15.5 Å². The normalized spacial score (nSPS) is 18.3. The number of hydrogen-bond acceptors (Lipinski definition) is 5. The first-order valence-electron chi connectivity index (χ1n) is 8.05. The number of carboxylic acids is 1. The molecule has 1 heterocycles. The van der Waals surface area contributed by atoms with Crippen LogP contribution in [0.25, 0.3) is 0 Å². The summed E-state index contributed by atoms with van der Waals surface area (Å²) < 4.78 is 0. The van der Waals surface area contributed by atoms with Gasteiger partial charge in [-0.15, -0.1) is 0 Å². The third-order valence-electron chi connectivity index (χ3n) is 3.79. The fourth-order valence-corrected chi connectivity index (χ4v) is 2.68. The Labute approximate surface area is 140 Å². The molecule has 0 aliphatic carbocycles. The lowest BCUT2D eigenvalue weighted by molar-refractivity contribution is -0.149. The van der Waals surface area contributed by atoms with E-state index in [2.05, 4.69) is 10.6 Å². The average molecular weight is 342 g/mol. The first-order valence-corrected chi connectivity index (χ1v) is 8.05. The molecule has 0 aromatic rings. The zero-order valence-electron chi connectivity index (χ0n) is 14.1. The van der Waals surface area contributed by atoms with Crippen molar-refractivity contribution >= 4 is 23.7 Å². The van der Waals surface area contributed by atoms with Gasteiger partial charge in [-0.1, -0.05) is 13.8 Å². The lowest BCUT2D eigenvalue weighted by Crippen LogP contribution is -2.53. The largest absolute Gasteiger partial charge is 0.480 e. The smallest absolute Gasteiger partial charge is 0.326 e. The Morgan fingerprint density at radius 1 is 1.25 bits per heavy atom. The third kappa shape index (κ3) is 5.80. The summed E-state index contributed by atoms with van der Waals surface area (Å²) in [4.78, 5) is 48.3. The molecule has 1 saturated heterocycles. The monoisotopic (exact) mass is 342 g/mol. The predicted molar refractivity (Wildman–Crippen MR) is 85.8 cm³/mol. The number of likely N-dealkylation sites (tertiary alicyclic amines) is 1. The lowest BCUT2D eigenvalue weighted by Gasteiger charge is -2.28. The first kappa shape index (κ1) is 19.9. The molecule has 1 aliphatic heterocycles. The number of nitrogens with two attached hydrogens (primary N) is 1. The Balaban J connectivity index is 2.73. The summed E-state index contributed by atoms with van der Waals surface area (Å²) in [7, 11) is 0. The van der Waals surface area contributed by atoms with Crippen LogP contribution < -0.4 is 16.4 Å². The van der Waals surface area contributed by atoms with Crippen molar-refractivity contribution in [2.24, 2.45) is 11.7 Å². The molecule has 1 rings (SSSR count). The molecule has 0 bridgehead atoms. The van der Waals surface area contributed by atoms with E-state index in [-0.39, 0.29) is 19.0 Å². The average Bonchev–Trinajstić information content (AvgIpc) is 3.00. The van der Waals surface area contributed by atoms with Crippen LogP contribution in [-0.2, 0) is 19.2 Å². The van der Waals surface area contributed by atoms with Crippen LogP contribution in [0.1, 0.15) is 33.1 Å². The van der Waals surface area contributed by atoms with Gasteiger partial charge in [-0.25, -0.2) is 4.79 Å². The van der Waals surface area contributed by atoms with Crippen LogP contribution >= 0.6 is 0 Å².